The van der Waals surface area contributed by atoms with Crippen LogP contribution in [-0.2, 0) is 0 Å². The number of aliphatic hydroxyl groups excluding tert-OH is 1. The number of aromatic nitrogens is 3. The first-order valence-electron chi connectivity index (χ1n) is 5.32. The molecule has 1 aromatic rings. The molecule has 7 heteroatoms. The number of nitrogens with zero attached hydrogens (tertiary/aromatic N) is 2. The summed E-state index contributed by atoms with van der Waals surface area (Å²) in [5.74, 6) is 0. The second-order valence-corrected chi connectivity index (χ2v) is 5.36. The maximum absolute atomic E-state index is 11.5. The van der Waals surface area contributed by atoms with E-state index in [9.17, 15) is 9.90 Å². The molecule has 3 N–H and O–H groups in total. The number of H-pyrrole nitrogens is 1. The van der Waals surface area contributed by atoms with Crippen molar-refractivity contribution in [2.24, 2.45) is 0 Å². The molecule has 1 aromatic heterocycles. The van der Waals surface area contributed by atoms with Gasteiger partial charge in [-0.1, -0.05) is 11.8 Å². The van der Waals surface area contributed by atoms with E-state index in [-0.39, 0.29) is 23.1 Å². The van der Waals surface area contributed by atoms with Gasteiger partial charge in [0.25, 0.3) is 0 Å². The molecule has 0 bridgehead atoms. The van der Waals surface area contributed by atoms with Crippen LogP contribution < -0.4 is 11.0 Å². The van der Waals surface area contributed by atoms with Gasteiger partial charge in [-0.25, -0.2) is 9.89 Å². The highest BCUT2D eigenvalue weighted by Gasteiger charge is 2.28. The fourth-order valence-electron chi connectivity index (χ4n) is 1.73. The van der Waals surface area contributed by atoms with E-state index in [1.54, 1.807) is 4.57 Å². The smallest absolute Gasteiger partial charge is 0.344 e. The predicted molar refractivity (Wildman–Crippen MR) is 61.8 cm³/mol. The molecule has 6 nitrogen and oxygen atoms in total. The van der Waals surface area contributed by atoms with E-state index in [1.165, 1.54) is 11.8 Å². The van der Waals surface area contributed by atoms with Crippen molar-refractivity contribution in [2.75, 3.05) is 13.1 Å². The van der Waals surface area contributed by atoms with Gasteiger partial charge in [-0.2, -0.15) is 0 Å². The Balaban J connectivity index is 2.18. The van der Waals surface area contributed by atoms with Gasteiger partial charge in [0.15, 0.2) is 5.16 Å². The molecule has 1 fully saturated rings. The van der Waals surface area contributed by atoms with Gasteiger partial charge in [-0.15, -0.1) is 5.10 Å². The summed E-state index contributed by atoms with van der Waals surface area (Å²) in [6, 6.07) is 0.0697. The van der Waals surface area contributed by atoms with Crippen LogP contribution in [0, 0.1) is 0 Å². The van der Waals surface area contributed by atoms with Crippen LogP contribution in [0.2, 0.25) is 0 Å². The SMILES string of the molecule is CC(C)n1c(SC2CNCC2O)n[nH]c1=O. The van der Waals surface area contributed by atoms with Crippen LogP contribution in [0.15, 0.2) is 9.95 Å². The Hall–Kier alpha value is -0.790. The Morgan fingerprint density at radius 2 is 2.31 bits per heavy atom. The molecule has 16 heavy (non-hydrogen) atoms. The number of hydrogen-bond acceptors (Lipinski definition) is 5. The molecule has 1 saturated heterocycles. The van der Waals surface area contributed by atoms with Gasteiger partial charge in [0.2, 0.25) is 0 Å². The number of nitrogens with one attached hydrogen (secondary N) is 2. The second kappa shape index (κ2) is 4.60. The summed E-state index contributed by atoms with van der Waals surface area (Å²) in [5.41, 5.74) is -0.196. The molecular formula is C9H16N4O2S. The summed E-state index contributed by atoms with van der Waals surface area (Å²) in [7, 11) is 0. The second-order valence-electron chi connectivity index (χ2n) is 4.16. The normalized spacial score (nSPS) is 25.5. The minimum atomic E-state index is -0.377. The molecular weight excluding hydrogens is 228 g/mol. The van der Waals surface area contributed by atoms with Gasteiger partial charge in [-0.3, -0.25) is 4.57 Å². The quantitative estimate of drug-likeness (QED) is 0.672. The summed E-state index contributed by atoms with van der Waals surface area (Å²) in [6.07, 6.45) is -0.377. The Morgan fingerprint density at radius 3 is 2.88 bits per heavy atom. The first kappa shape index (κ1) is 11.7. The molecule has 2 unspecified atom stereocenters. The van der Waals surface area contributed by atoms with Crippen molar-refractivity contribution in [1.29, 1.82) is 0 Å². The fourth-order valence-corrected chi connectivity index (χ4v) is 2.96. The van der Waals surface area contributed by atoms with Crippen molar-refractivity contribution in [3.8, 4) is 0 Å². The van der Waals surface area contributed by atoms with Crippen LogP contribution >= 0.6 is 11.8 Å². The third-order valence-electron chi connectivity index (χ3n) is 2.57. The van der Waals surface area contributed by atoms with E-state index in [0.717, 1.165) is 6.54 Å². The van der Waals surface area contributed by atoms with Crippen LogP contribution in [0.25, 0.3) is 0 Å². The van der Waals surface area contributed by atoms with E-state index in [1.807, 2.05) is 13.8 Å². The lowest BCUT2D eigenvalue weighted by molar-refractivity contribution is 0.201. The first-order chi connectivity index (χ1) is 7.59. The monoisotopic (exact) mass is 244 g/mol. The zero-order valence-electron chi connectivity index (χ0n) is 9.30. The maximum atomic E-state index is 11.5. The number of aromatic amines is 1. The topological polar surface area (TPSA) is 82.9 Å². The number of β-amino-alcohol motifs (C(OH)–C–C–N with tert-alkyl or cyclic N) is 1. The highest BCUT2D eigenvalue weighted by molar-refractivity contribution is 7.99. The summed E-state index contributed by atoms with van der Waals surface area (Å²) >= 11 is 1.44. The van der Waals surface area contributed by atoms with Crippen molar-refractivity contribution >= 4 is 11.8 Å². The Bertz CT molecular complexity index is 414. The number of rotatable bonds is 3. The highest BCUT2D eigenvalue weighted by atomic mass is 32.2. The molecule has 0 radical (unpaired) electrons. The Labute approximate surface area is 97.4 Å². The van der Waals surface area contributed by atoms with E-state index in [2.05, 4.69) is 15.5 Å². The fraction of sp³-hybridized carbons (Fsp3) is 0.778. The van der Waals surface area contributed by atoms with Crippen LogP contribution in [0.4, 0.5) is 0 Å². The zero-order chi connectivity index (χ0) is 11.7. The highest BCUT2D eigenvalue weighted by Crippen LogP contribution is 2.25. The van der Waals surface area contributed by atoms with Gasteiger partial charge in [0.05, 0.1) is 11.4 Å². The van der Waals surface area contributed by atoms with Crippen molar-refractivity contribution in [2.45, 2.75) is 36.4 Å². The van der Waals surface area contributed by atoms with Gasteiger partial charge in [0, 0.05) is 19.1 Å². The van der Waals surface area contributed by atoms with Crippen LogP contribution in [0.1, 0.15) is 19.9 Å². The summed E-state index contributed by atoms with van der Waals surface area (Å²) < 4.78 is 1.61. The Morgan fingerprint density at radius 1 is 1.56 bits per heavy atom. The lowest BCUT2D eigenvalue weighted by atomic mass is 10.3. The summed E-state index contributed by atoms with van der Waals surface area (Å²) in [4.78, 5) is 11.5. The van der Waals surface area contributed by atoms with Crippen LogP contribution in [0.3, 0.4) is 0 Å². The minimum absolute atomic E-state index is 0.0627. The molecule has 0 spiro atoms. The van der Waals surface area contributed by atoms with Crippen molar-refractivity contribution in [1.82, 2.24) is 20.1 Å². The van der Waals surface area contributed by atoms with E-state index in [0.29, 0.717) is 11.7 Å². The van der Waals surface area contributed by atoms with Gasteiger partial charge in [0.1, 0.15) is 0 Å². The molecule has 2 heterocycles. The van der Waals surface area contributed by atoms with Crippen molar-refractivity contribution in [3.63, 3.8) is 0 Å². The molecule has 0 aliphatic carbocycles. The third-order valence-corrected chi connectivity index (χ3v) is 3.86. The average Bonchev–Trinajstić information content (AvgIpc) is 2.75. The number of aliphatic hydroxyl groups is 1. The van der Waals surface area contributed by atoms with E-state index < -0.39 is 0 Å². The standard InChI is InChI=1S/C9H16N4O2S/c1-5(2)13-8(15)11-12-9(13)16-7-4-10-3-6(7)14/h5-7,10,14H,3-4H2,1-2H3,(H,11,15). The molecule has 2 atom stereocenters. The average molecular weight is 244 g/mol. The zero-order valence-corrected chi connectivity index (χ0v) is 10.1. The minimum Gasteiger partial charge on any atom is -0.391 e. The van der Waals surface area contributed by atoms with Crippen molar-refractivity contribution < 1.29 is 5.11 Å². The molecule has 1 aliphatic heterocycles. The molecule has 0 aromatic carbocycles. The van der Waals surface area contributed by atoms with Gasteiger partial charge in [-0.05, 0) is 13.8 Å². The van der Waals surface area contributed by atoms with E-state index in [4.69, 9.17) is 0 Å². The Kier molecular flexibility index (Phi) is 3.36. The summed E-state index contributed by atoms with van der Waals surface area (Å²) in [5, 5.41) is 19.9. The van der Waals surface area contributed by atoms with Gasteiger partial charge < -0.3 is 10.4 Å². The third kappa shape index (κ3) is 2.16. The first-order valence-corrected chi connectivity index (χ1v) is 6.20. The summed E-state index contributed by atoms with van der Waals surface area (Å²) in [6.45, 7) is 5.22. The van der Waals surface area contributed by atoms with Crippen LogP contribution in [-0.4, -0.2) is 44.3 Å². The lowest BCUT2D eigenvalue weighted by Gasteiger charge is -2.14. The van der Waals surface area contributed by atoms with E-state index >= 15 is 0 Å². The maximum Gasteiger partial charge on any atom is 0.344 e. The van der Waals surface area contributed by atoms with Gasteiger partial charge >= 0.3 is 5.69 Å². The van der Waals surface area contributed by atoms with Crippen molar-refractivity contribution in [3.05, 3.63) is 10.5 Å². The molecule has 90 valence electrons. The molecule has 1 aliphatic rings. The number of hydrogen-bond donors (Lipinski definition) is 3. The molecule has 2 rings (SSSR count). The lowest BCUT2D eigenvalue weighted by Crippen LogP contribution is -2.23. The molecule has 0 amide bonds. The number of thioether (sulfide) groups is 1. The predicted octanol–water partition coefficient (Wildman–Crippen LogP) is -0.423. The largest absolute Gasteiger partial charge is 0.391 e. The van der Waals surface area contributed by atoms with Crippen LogP contribution in [0.5, 0.6) is 0 Å². The molecule has 0 saturated carbocycles.